The van der Waals surface area contributed by atoms with Crippen molar-refractivity contribution >= 4 is 16.8 Å². The molecule has 0 aliphatic heterocycles. The Morgan fingerprint density at radius 3 is 2.52 bits per heavy atom. The number of amides is 1. The number of nitrogens with two attached hydrogens (primary N) is 1. The van der Waals surface area contributed by atoms with Gasteiger partial charge in [0.2, 0.25) is 0 Å². The van der Waals surface area contributed by atoms with Crippen LogP contribution in [0.2, 0.25) is 0 Å². The molecule has 0 saturated carbocycles. The quantitative estimate of drug-likeness (QED) is 0.367. The number of nitrogens with zero attached hydrogens (tertiary/aromatic N) is 2. The van der Waals surface area contributed by atoms with Crippen molar-refractivity contribution in [2.45, 2.75) is 46.8 Å². The van der Waals surface area contributed by atoms with Crippen LogP contribution in [0.4, 0.5) is 4.39 Å². The summed E-state index contributed by atoms with van der Waals surface area (Å²) >= 11 is 0. The minimum Gasteiger partial charge on any atom is -0.455 e. The molecule has 7 heteroatoms. The maximum Gasteiger partial charge on any atom is 0.283 e. The Balaban J connectivity index is 1.87. The van der Waals surface area contributed by atoms with Crippen LogP contribution in [0.3, 0.4) is 0 Å². The average Bonchev–Trinajstić information content (AvgIpc) is 3.11. The van der Waals surface area contributed by atoms with Gasteiger partial charge in [-0.05, 0) is 42.2 Å². The van der Waals surface area contributed by atoms with Gasteiger partial charge in [0, 0.05) is 11.9 Å². The Hall–Kier alpha value is -3.45. The van der Waals surface area contributed by atoms with Gasteiger partial charge >= 0.3 is 0 Å². The van der Waals surface area contributed by atoms with Gasteiger partial charge in [0.15, 0.2) is 5.76 Å². The van der Waals surface area contributed by atoms with Crippen molar-refractivity contribution in [1.82, 2.24) is 15.1 Å². The monoisotopic (exact) mass is 450 g/mol. The van der Waals surface area contributed by atoms with Gasteiger partial charge in [-0.25, -0.2) is 4.39 Å². The standard InChI is InChI=1S/C26H31FN4O2/c1-6-23(33-17(2)25(28)32)24(26(3,4)5)29-15-21-20-9-7-8-10-22(20)31(30-21)16-18-11-13-19(27)14-12-18/h6-14,24,29H,2,15-16H2,1,3-5H3,(H2,28,32)/b23-6+. The van der Waals surface area contributed by atoms with Crippen molar-refractivity contribution in [3.63, 3.8) is 0 Å². The SMILES string of the molecule is C=C(O/C(=C/C)C(NCc1nn(Cc2ccc(F)cc2)c2ccccc12)C(C)(C)C)C(N)=O. The summed E-state index contributed by atoms with van der Waals surface area (Å²) in [7, 11) is 0. The molecule has 174 valence electrons. The van der Waals surface area contributed by atoms with E-state index in [1.807, 2.05) is 41.9 Å². The van der Waals surface area contributed by atoms with E-state index in [2.05, 4.69) is 32.7 Å². The fraction of sp³-hybridized carbons (Fsp3) is 0.308. The molecule has 0 aliphatic rings. The van der Waals surface area contributed by atoms with Crippen molar-refractivity contribution < 1.29 is 13.9 Å². The molecule has 1 aromatic heterocycles. The molecule has 2 aromatic carbocycles. The molecule has 1 amide bonds. The fourth-order valence-electron chi connectivity index (χ4n) is 3.72. The molecule has 0 bridgehead atoms. The summed E-state index contributed by atoms with van der Waals surface area (Å²) in [5.41, 5.74) is 7.92. The molecule has 0 saturated heterocycles. The molecular weight excluding hydrogens is 419 g/mol. The fourth-order valence-corrected chi connectivity index (χ4v) is 3.72. The lowest BCUT2D eigenvalue weighted by molar-refractivity contribution is -0.117. The molecular formula is C26H31FN4O2. The van der Waals surface area contributed by atoms with Crippen molar-refractivity contribution in [2.75, 3.05) is 0 Å². The predicted molar refractivity (Wildman–Crippen MR) is 128 cm³/mol. The molecule has 0 radical (unpaired) electrons. The number of hydrogen-bond acceptors (Lipinski definition) is 4. The van der Waals surface area contributed by atoms with Crippen molar-refractivity contribution in [3.8, 4) is 0 Å². The molecule has 1 unspecified atom stereocenters. The van der Waals surface area contributed by atoms with Crippen molar-refractivity contribution in [3.05, 3.63) is 89.8 Å². The van der Waals surface area contributed by atoms with Crippen LogP contribution in [0, 0.1) is 11.2 Å². The second-order valence-corrected chi connectivity index (χ2v) is 9.01. The first-order chi connectivity index (χ1) is 15.6. The van der Waals surface area contributed by atoms with E-state index in [1.165, 1.54) is 12.1 Å². The topological polar surface area (TPSA) is 82.2 Å². The Morgan fingerprint density at radius 2 is 1.91 bits per heavy atom. The van der Waals surface area contributed by atoms with E-state index in [4.69, 9.17) is 15.6 Å². The van der Waals surface area contributed by atoms with Gasteiger partial charge in [0.05, 0.1) is 23.8 Å². The second-order valence-electron chi connectivity index (χ2n) is 9.01. The maximum atomic E-state index is 13.3. The number of rotatable bonds is 9. The minimum atomic E-state index is -0.701. The van der Waals surface area contributed by atoms with E-state index < -0.39 is 5.91 Å². The summed E-state index contributed by atoms with van der Waals surface area (Å²) in [5.74, 6) is -0.495. The summed E-state index contributed by atoms with van der Waals surface area (Å²) in [5, 5.41) is 9.41. The first-order valence-corrected chi connectivity index (χ1v) is 10.8. The average molecular weight is 451 g/mol. The first-order valence-electron chi connectivity index (χ1n) is 10.8. The van der Waals surface area contributed by atoms with Gasteiger partial charge in [0.25, 0.3) is 5.91 Å². The lowest BCUT2D eigenvalue weighted by Crippen LogP contribution is -2.42. The molecule has 0 fully saturated rings. The number of hydrogen-bond donors (Lipinski definition) is 2. The van der Waals surface area contributed by atoms with Crippen LogP contribution < -0.4 is 11.1 Å². The zero-order valence-electron chi connectivity index (χ0n) is 19.6. The van der Waals surface area contributed by atoms with Crippen molar-refractivity contribution in [2.24, 2.45) is 11.1 Å². The van der Waals surface area contributed by atoms with Crippen LogP contribution in [0.25, 0.3) is 10.9 Å². The summed E-state index contributed by atoms with van der Waals surface area (Å²) in [4.78, 5) is 11.4. The number of ether oxygens (including phenoxy) is 1. The Kier molecular flexibility index (Phi) is 7.33. The van der Waals surface area contributed by atoms with Gasteiger partial charge in [-0.1, -0.05) is 57.7 Å². The smallest absolute Gasteiger partial charge is 0.283 e. The maximum absolute atomic E-state index is 13.3. The van der Waals surface area contributed by atoms with Crippen LogP contribution in [0.15, 0.2) is 72.7 Å². The van der Waals surface area contributed by atoms with E-state index in [0.29, 0.717) is 18.8 Å². The van der Waals surface area contributed by atoms with Gasteiger partial charge in [-0.3, -0.25) is 9.48 Å². The number of benzene rings is 2. The van der Waals surface area contributed by atoms with Crippen LogP contribution in [0.1, 0.15) is 39.0 Å². The summed E-state index contributed by atoms with van der Waals surface area (Å²) in [6.45, 7) is 12.7. The number of para-hydroxylation sites is 1. The van der Waals surface area contributed by atoms with Gasteiger partial charge < -0.3 is 15.8 Å². The van der Waals surface area contributed by atoms with Crippen molar-refractivity contribution in [1.29, 1.82) is 0 Å². The molecule has 0 spiro atoms. The molecule has 6 nitrogen and oxygen atoms in total. The van der Waals surface area contributed by atoms with E-state index in [-0.39, 0.29) is 23.0 Å². The summed E-state index contributed by atoms with van der Waals surface area (Å²) in [6, 6.07) is 14.2. The van der Waals surface area contributed by atoms with E-state index in [0.717, 1.165) is 22.2 Å². The second kappa shape index (κ2) is 10.0. The third-order valence-corrected chi connectivity index (χ3v) is 5.40. The Morgan fingerprint density at radius 1 is 1.24 bits per heavy atom. The summed E-state index contributed by atoms with van der Waals surface area (Å²) in [6.07, 6.45) is 1.81. The van der Waals surface area contributed by atoms with E-state index in [1.54, 1.807) is 12.1 Å². The van der Waals surface area contributed by atoms with Gasteiger partial charge in [0.1, 0.15) is 11.6 Å². The van der Waals surface area contributed by atoms with E-state index in [9.17, 15) is 9.18 Å². The zero-order valence-corrected chi connectivity index (χ0v) is 19.6. The normalized spacial score (nSPS) is 13.2. The number of aromatic nitrogens is 2. The molecule has 33 heavy (non-hydrogen) atoms. The number of primary amides is 1. The predicted octanol–water partition coefficient (Wildman–Crippen LogP) is 4.65. The molecule has 3 rings (SSSR count). The summed E-state index contributed by atoms with van der Waals surface area (Å²) < 4.78 is 20.9. The highest BCUT2D eigenvalue weighted by atomic mass is 19.1. The van der Waals surface area contributed by atoms with Gasteiger partial charge in [-0.15, -0.1) is 0 Å². The van der Waals surface area contributed by atoms with Crippen LogP contribution >= 0.6 is 0 Å². The highest BCUT2D eigenvalue weighted by Crippen LogP contribution is 2.28. The lowest BCUT2D eigenvalue weighted by Gasteiger charge is -2.33. The molecule has 3 N–H and O–H groups in total. The zero-order chi connectivity index (χ0) is 24.2. The molecule has 1 heterocycles. The number of fused-ring (bicyclic) bond motifs is 1. The third-order valence-electron chi connectivity index (χ3n) is 5.40. The molecule has 0 aliphatic carbocycles. The first kappa shape index (κ1) is 24.2. The number of halogens is 1. The van der Waals surface area contributed by atoms with Crippen LogP contribution in [-0.4, -0.2) is 21.7 Å². The number of carbonyl (C=O) groups excluding carboxylic acids is 1. The highest BCUT2D eigenvalue weighted by Gasteiger charge is 2.30. The van der Waals surface area contributed by atoms with E-state index >= 15 is 0 Å². The van der Waals surface area contributed by atoms with Gasteiger partial charge in [-0.2, -0.15) is 5.10 Å². The van der Waals surface area contributed by atoms with Crippen LogP contribution in [0.5, 0.6) is 0 Å². The molecule has 3 aromatic rings. The third kappa shape index (κ3) is 5.87. The van der Waals surface area contributed by atoms with Crippen LogP contribution in [-0.2, 0) is 22.6 Å². The minimum absolute atomic E-state index is 0.104. The highest BCUT2D eigenvalue weighted by molar-refractivity contribution is 5.89. The number of carbonyl (C=O) groups is 1. The Bertz CT molecular complexity index is 1170. The lowest BCUT2D eigenvalue weighted by atomic mass is 9.85. The molecule has 1 atom stereocenters. The number of nitrogens with one attached hydrogen (secondary N) is 1. The Labute approximate surface area is 193 Å². The largest absolute Gasteiger partial charge is 0.455 e. The number of allylic oxidation sites excluding steroid dienone is 1.